The van der Waals surface area contributed by atoms with Crippen LogP contribution in [0.5, 0.6) is 0 Å². The van der Waals surface area contributed by atoms with E-state index >= 15 is 0 Å². The van der Waals surface area contributed by atoms with Gasteiger partial charge in [-0.05, 0) is 19.8 Å². The highest BCUT2D eigenvalue weighted by Gasteiger charge is 2.29. The number of cyclic esters (lactones) is 1. The van der Waals surface area contributed by atoms with Crippen LogP contribution < -0.4 is 5.48 Å². The Bertz CT molecular complexity index is 410. The van der Waals surface area contributed by atoms with Crippen molar-refractivity contribution in [2.45, 2.75) is 46.5 Å². The number of hydrogen-bond acceptors (Lipinski definition) is 5. The molecule has 1 aliphatic heterocycles. The van der Waals surface area contributed by atoms with Gasteiger partial charge in [0, 0.05) is 12.5 Å². The van der Waals surface area contributed by atoms with E-state index in [0.717, 1.165) is 12.8 Å². The van der Waals surface area contributed by atoms with Gasteiger partial charge in [0.05, 0.1) is 12.3 Å². The Labute approximate surface area is 113 Å². The fraction of sp³-hybridized carbons (Fsp3) is 0.571. The van der Waals surface area contributed by atoms with Gasteiger partial charge in [-0.1, -0.05) is 20.3 Å². The van der Waals surface area contributed by atoms with Crippen LogP contribution in [0.1, 0.15) is 46.5 Å². The zero-order chi connectivity index (χ0) is 14.3. The van der Waals surface area contributed by atoms with E-state index in [1.54, 1.807) is 0 Å². The molecule has 0 saturated carbocycles. The van der Waals surface area contributed by atoms with Crippen molar-refractivity contribution in [3.05, 3.63) is 23.1 Å². The third-order valence-corrected chi connectivity index (χ3v) is 2.60. The quantitative estimate of drug-likeness (QED) is 0.332. The van der Waals surface area contributed by atoms with Gasteiger partial charge in [0.15, 0.2) is 5.78 Å². The van der Waals surface area contributed by atoms with Crippen molar-refractivity contribution in [1.29, 1.82) is 0 Å². The number of carbonyl (C=O) groups excluding carboxylic acids is 2. The molecular formula is C14H21NO4. The summed E-state index contributed by atoms with van der Waals surface area (Å²) in [6.07, 6.45) is 4.17. The van der Waals surface area contributed by atoms with Crippen LogP contribution in [0.2, 0.25) is 0 Å². The number of hydroxylamine groups is 1. The Morgan fingerprint density at radius 3 is 2.53 bits per heavy atom. The summed E-state index contributed by atoms with van der Waals surface area (Å²) in [5, 5.41) is 0. The summed E-state index contributed by atoms with van der Waals surface area (Å²) < 4.78 is 5.16. The monoisotopic (exact) mass is 267 g/mol. The number of esters is 1. The summed E-state index contributed by atoms with van der Waals surface area (Å²) in [5.74, 6) is -0.463. The first kappa shape index (κ1) is 15.4. The van der Waals surface area contributed by atoms with Gasteiger partial charge in [-0.3, -0.25) is 15.1 Å². The van der Waals surface area contributed by atoms with Crippen molar-refractivity contribution < 1.29 is 19.2 Å². The molecule has 0 spiro atoms. The number of rotatable bonds is 7. The van der Waals surface area contributed by atoms with Crippen LogP contribution in [0, 0.1) is 0 Å². The lowest BCUT2D eigenvalue weighted by molar-refractivity contribution is -0.138. The molecule has 19 heavy (non-hydrogen) atoms. The minimum atomic E-state index is -0.591. The van der Waals surface area contributed by atoms with E-state index in [1.807, 2.05) is 20.8 Å². The smallest absolute Gasteiger partial charge is 0.349 e. The van der Waals surface area contributed by atoms with Gasteiger partial charge < -0.3 is 4.74 Å². The van der Waals surface area contributed by atoms with E-state index in [2.05, 4.69) is 5.48 Å². The molecule has 1 rings (SSSR count). The lowest BCUT2D eigenvalue weighted by Crippen LogP contribution is -2.27. The topological polar surface area (TPSA) is 64.6 Å². The summed E-state index contributed by atoms with van der Waals surface area (Å²) in [6.45, 7) is 6.19. The van der Waals surface area contributed by atoms with Crippen LogP contribution in [0.15, 0.2) is 23.1 Å². The average Bonchev–Trinajstić information content (AvgIpc) is 2.35. The normalized spacial score (nSPS) is 17.9. The molecule has 0 aromatic heterocycles. The molecule has 0 unspecified atom stereocenters. The van der Waals surface area contributed by atoms with Crippen molar-refractivity contribution in [1.82, 2.24) is 5.48 Å². The maximum Gasteiger partial charge on any atom is 0.349 e. The standard InChI is InChI=1S/C14H21NO4/c1-4-7-10-9-12(16)13(14(17)19-10)11(8-5-2)15-18-6-3/h9,15H,4-8H2,1-3H3/b13-11+. The maximum absolute atomic E-state index is 12.0. The molecule has 0 aliphatic carbocycles. The first-order valence-electron chi connectivity index (χ1n) is 6.72. The number of allylic oxidation sites excluding steroid dienone is 3. The second-order valence-corrected chi connectivity index (χ2v) is 4.25. The van der Waals surface area contributed by atoms with Crippen LogP contribution in [0.25, 0.3) is 0 Å². The molecule has 0 amide bonds. The second-order valence-electron chi connectivity index (χ2n) is 4.25. The summed E-state index contributed by atoms with van der Waals surface area (Å²) in [4.78, 5) is 29.1. The average molecular weight is 267 g/mol. The van der Waals surface area contributed by atoms with E-state index in [0.29, 0.717) is 30.9 Å². The van der Waals surface area contributed by atoms with Crippen molar-refractivity contribution in [3.8, 4) is 0 Å². The molecule has 0 radical (unpaired) electrons. The predicted molar refractivity (Wildman–Crippen MR) is 70.8 cm³/mol. The van der Waals surface area contributed by atoms with Gasteiger partial charge in [0.25, 0.3) is 0 Å². The van der Waals surface area contributed by atoms with Crippen molar-refractivity contribution in [2.75, 3.05) is 6.61 Å². The Hall–Kier alpha value is -1.62. The van der Waals surface area contributed by atoms with Gasteiger partial charge in [0.2, 0.25) is 0 Å². The fourth-order valence-electron chi connectivity index (χ4n) is 1.80. The minimum Gasteiger partial charge on any atom is -0.427 e. The molecule has 0 bridgehead atoms. The lowest BCUT2D eigenvalue weighted by atomic mass is 10.0. The Kier molecular flexibility index (Phi) is 6.29. The number of hydrogen-bond donors (Lipinski definition) is 1. The van der Waals surface area contributed by atoms with Crippen LogP contribution in [0.3, 0.4) is 0 Å². The molecule has 1 aliphatic rings. The summed E-state index contributed by atoms with van der Waals surface area (Å²) >= 11 is 0. The molecule has 0 aromatic rings. The van der Waals surface area contributed by atoms with Crippen LogP contribution in [-0.4, -0.2) is 18.4 Å². The van der Waals surface area contributed by atoms with Gasteiger partial charge in [0.1, 0.15) is 11.3 Å². The SMILES string of the molecule is CCCC1=CC(=O)/C(=C(/CCC)NOCC)C(=O)O1. The van der Waals surface area contributed by atoms with Gasteiger partial charge in [-0.15, -0.1) is 0 Å². The van der Waals surface area contributed by atoms with Crippen molar-refractivity contribution in [3.63, 3.8) is 0 Å². The van der Waals surface area contributed by atoms with E-state index < -0.39 is 5.97 Å². The first-order chi connectivity index (χ1) is 9.13. The third-order valence-electron chi connectivity index (χ3n) is 2.60. The van der Waals surface area contributed by atoms with E-state index in [-0.39, 0.29) is 11.4 Å². The van der Waals surface area contributed by atoms with Crippen LogP contribution in [0.4, 0.5) is 0 Å². The molecule has 1 N–H and O–H groups in total. The minimum absolute atomic E-state index is 0.0511. The molecule has 106 valence electrons. The highest BCUT2D eigenvalue weighted by molar-refractivity contribution is 6.24. The van der Waals surface area contributed by atoms with Gasteiger partial charge in [-0.25, -0.2) is 4.79 Å². The fourth-order valence-corrected chi connectivity index (χ4v) is 1.80. The highest BCUT2D eigenvalue weighted by atomic mass is 16.6. The summed E-state index contributed by atoms with van der Waals surface area (Å²) in [6, 6.07) is 0. The summed E-state index contributed by atoms with van der Waals surface area (Å²) in [7, 11) is 0. The third kappa shape index (κ3) is 4.21. The molecule has 0 atom stereocenters. The summed E-state index contributed by atoms with van der Waals surface area (Å²) in [5.41, 5.74) is 3.22. The Balaban J connectivity index is 3.01. The number of nitrogens with one attached hydrogen (secondary N) is 1. The zero-order valence-corrected chi connectivity index (χ0v) is 11.7. The number of ether oxygens (including phenoxy) is 1. The molecule has 0 fully saturated rings. The number of ketones is 1. The first-order valence-corrected chi connectivity index (χ1v) is 6.72. The Morgan fingerprint density at radius 2 is 2.00 bits per heavy atom. The maximum atomic E-state index is 12.0. The predicted octanol–water partition coefficient (Wildman–Crippen LogP) is 2.39. The van der Waals surface area contributed by atoms with Gasteiger partial charge >= 0.3 is 5.97 Å². The molecular weight excluding hydrogens is 246 g/mol. The second kappa shape index (κ2) is 7.74. The molecule has 1 heterocycles. The lowest BCUT2D eigenvalue weighted by Gasteiger charge is -2.18. The molecule has 0 aromatic carbocycles. The number of carbonyl (C=O) groups is 2. The van der Waals surface area contributed by atoms with Crippen LogP contribution in [-0.2, 0) is 19.2 Å². The van der Waals surface area contributed by atoms with Crippen molar-refractivity contribution >= 4 is 11.8 Å². The van der Waals surface area contributed by atoms with E-state index in [4.69, 9.17) is 9.57 Å². The molecule has 5 nitrogen and oxygen atoms in total. The zero-order valence-electron chi connectivity index (χ0n) is 11.7. The Morgan fingerprint density at radius 1 is 1.26 bits per heavy atom. The van der Waals surface area contributed by atoms with E-state index in [9.17, 15) is 9.59 Å². The molecule has 5 heteroatoms. The van der Waals surface area contributed by atoms with E-state index in [1.165, 1.54) is 6.08 Å². The van der Waals surface area contributed by atoms with Crippen molar-refractivity contribution in [2.24, 2.45) is 0 Å². The highest BCUT2D eigenvalue weighted by Crippen LogP contribution is 2.21. The molecule has 0 saturated heterocycles. The van der Waals surface area contributed by atoms with Crippen LogP contribution >= 0.6 is 0 Å². The largest absolute Gasteiger partial charge is 0.427 e. The van der Waals surface area contributed by atoms with Gasteiger partial charge in [-0.2, -0.15) is 0 Å².